The lowest BCUT2D eigenvalue weighted by molar-refractivity contribution is 0.0994. The number of nitrogens with one attached hydrogen (secondary N) is 1. The number of allylic oxidation sites excluding steroid dienone is 2. The van der Waals surface area contributed by atoms with Gasteiger partial charge in [0.15, 0.2) is 11.6 Å². The molecule has 0 saturated carbocycles. The molecule has 0 radical (unpaired) electrons. The van der Waals surface area contributed by atoms with Crippen LogP contribution in [0.5, 0.6) is 5.75 Å². The van der Waals surface area contributed by atoms with Crippen molar-refractivity contribution in [3.8, 4) is 5.75 Å². The zero-order valence-electron chi connectivity index (χ0n) is 15.7. The number of carbonyl (C=O) groups is 2. The first-order valence-corrected chi connectivity index (χ1v) is 9.04. The predicted octanol–water partition coefficient (Wildman–Crippen LogP) is 4.48. The molecule has 0 bridgehead atoms. The van der Waals surface area contributed by atoms with Gasteiger partial charge < -0.3 is 10.1 Å². The number of methoxy groups -OCH3 is 1. The summed E-state index contributed by atoms with van der Waals surface area (Å²) in [5.74, 6) is 0.520. The average molecular weight is 349 g/mol. The first-order valence-electron chi connectivity index (χ1n) is 9.04. The Morgan fingerprint density at radius 3 is 2.08 bits per heavy atom. The number of ether oxygens (including phenoxy) is 1. The van der Waals surface area contributed by atoms with Gasteiger partial charge in [0, 0.05) is 22.1 Å². The van der Waals surface area contributed by atoms with Gasteiger partial charge in [-0.2, -0.15) is 0 Å². The molecule has 0 amide bonds. The Balaban J connectivity index is 2.09. The third-order valence-electron chi connectivity index (χ3n) is 5.10. The van der Waals surface area contributed by atoms with Gasteiger partial charge >= 0.3 is 0 Å². The molecular formula is C22H23NO3. The summed E-state index contributed by atoms with van der Waals surface area (Å²) in [6.45, 7) is 6.37. The van der Waals surface area contributed by atoms with Gasteiger partial charge in [0.2, 0.25) is 0 Å². The smallest absolute Gasteiger partial charge is 0.186 e. The Hall–Kier alpha value is -2.62. The van der Waals surface area contributed by atoms with Crippen molar-refractivity contribution in [1.82, 2.24) is 0 Å². The van der Waals surface area contributed by atoms with Crippen molar-refractivity contribution >= 4 is 28.0 Å². The maximum atomic E-state index is 12.3. The van der Waals surface area contributed by atoms with Crippen LogP contribution in [0.25, 0.3) is 10.8 Å². The molecule has 0 fully saturated rings. The quantitative estimate of drug-likeness (QED) is 0.868. The van der Waals surface area contributed by atoms with Crippen LogP contribution in [0.4, 0.5) is 5.69 Å². The van der Waals surface area contributed by atoms with Crippen LogP contribution in [0.15, 0.2) is 24.3 Å². The molecule has 26 heavy (non-hydrogen) atoms. The van der Waals surface area contributed by atoms with E-state index in [9.17, 15) is 9.59 Å². The van der Waals surface area contributed by atoms with Gasteiger partial charge in [0.05, 0.1) is 12.8 Å². The molecule has 0 aliphatic heterocycles. The monoisotopic (exact) mass is 349 g/mol. The van der Waals surface area contributed by atoms with Crippen LogP contribution in [-0.4, -0.2) is 24.2 Å². The maximum absolute atomic E-state index is 12.3. The highest BCUT2D eigenvalue weighted by molar-refractivity contribution is 6.24. The number of anilines is 1. The van der Waals surface area contributed by atoms with Crippen molar-refractivity contribution < 1.29 is 14.3 Å². The molecule has 4 heteroatoms. The number of rotatable bonds is 2. The van der Waals surface area contributed by atoms with Crippen LogP contribution >= 0.6 is 0 Å². The highest BCUT2D eigenvalue weighted by Gasteiger charge is 2.28. The SMILES string of the molecule is COc1c(NC(C)(C)C)c2c(c3cc4c(cc13)C(=O)C=CC4=O)CCC2. The van der Waals surface area contributed by atoms with Gasteiger partial charge in [-0.1, -0.05) is 0 Å². The standard InChI is InChI=1S/C22H23NO3/c1-22(2,3)23-20-13-7-5-6-12(13)14-10-15-16(11-17(14)21(20)26-4)19(25)9-8-18(15)24/h8-11,23H,5-7H2,1-4H3. The topological polar surface area (TPSA) is 55.4 Å². The number of aryl methyl sites for hydroxylation is 1. The van der Waals surface area contributed by atoms with Crippen molar-refractivity contribution in [2.45, 2.75) is 45.6 Å². The third kappa shape index (κ3) is 2.52. The third-order valence-corrected chi connectivity index (χ3v) is 5.10. The minimum atomic E-state index is -0.130. The molecule has 4 rings (SSSR count). The number of carbonyl (C=O) groups excluding carboxylic acids is 2. The van der Waals surface area contributed by atoms with Crippen LogP contribution in [0, 0.1) is 0 Å². The second-order valence-corrected chi connectivity index (χ2v) is 8.10. The molecule has 1 N–H and O–H groups in total. The van der Waals surface area contributed by atoms with E-state index in [-0.39, 0.29) is 17.1 Å². The first-order chi connectivity index (χ1) is 12.3. The van der Waals surface area contributed by atoms with E-state index in [2.05, 4.69) is 26.1 Å². The Bertz CT molecular complexity index is 993. The van der Waals surface area contributed by atoms with Crippen molar-refractivity contribution in [3.05, 3.63) is 46.5 Å². The minimum Gasteiger partial charge on any atom is -0.494 e. The fraction of sp³-hybridized carbons (Fsp3) is 0.364. The molecule has 0 atom stereocenters. The maximum Gasteiger partial charge on any atom is 0.186 e. The molecule has 0 aromatic heterocycles. The van der Waals surface area contributed by atoms with Gasteiger partial charge in [0.25, 0.3) is 0 Å². The molecule has 0 spiro atoms. The van der Waals surface area contributed by atoms with Crippen molar-refractivity contribution in [2.24, 2.45) is 0 Å². The van der Waals surface area contributed by atoms with Gasteiger partial charge in [-0.25, -0.2) is 0 Å². The lowest BCUT2D eigenvalue weighted by Gasteiger charge is -2.27. The largest absolute Gasteiger partial charge is 0.494 e. The molecule has 0 saturated heterocycles. The van der Waals surface area contributed by atoms with E-state index < -0.39 is 0 Å². The summed E-state index contributed by atoms with van der Waals surface area (Å²) < 4.78 is 5.81. The second kappa shape index (κ2) is 5.70. The predicted molar refractivity (Wildman–Crippen MR) is 104 cm³/mol. The Morgan fingerprint density at radius 1 is 0.923 bits per heavy atom. The van der Waals surface area contributed by atoms with E-state index in [4.69, 9.17) is 4.74 Å². The highest BCUT2D eigenvalue weighted by Crippen LogP contribution is 2.46. The van der Waals surface area contributed by atoms with Gasteiger partial charge in [-0.05, 0) is 80.8 Å². The summed E-state index contributed by atoms with van der Waals surface area (Å²) in [5, 5.41) is 5.53. The van der Waals surface area contributed by atoms with E-state index in [1.54, 1.807) is 7.11 Å². The van der Waals surface area contributed by atoms with Crippen molar-refractivity contribution in [1.29, 1.82) is 0 Å². The van der Waals surface area contributed by atoms with Crippen molar-refractivity contribution in [3.63, 3.8) is 0 Å². The van der Waals surface area contributed by atoms with Crippen LogP contribution in [-0.2, 0) is 12.8 Å². The number of hydrogen-bond acceptors (Lipinski definition) is 4. The number of ketones is 2. The molecule has 2 aromatic rings. The molecule has 0 heterocycles. The molecular weight excluding hydrogens is 326 g/mol. The van der Waals surface area contributed by atoms with Crippen LogP contribution < -0.4 is 10.1 Å². The molecule has 4 nitrogen and oxygen atoms in total. The fourth-order valence-corrected chi connectivity index (χ4v) is 4.08. The van der Waals surface area contributed by atoms with Crippen molar-refractivity contribution in [2.75, 3.05) is 12.4 Å². The summed E-state index contributed by atoms with van der Waals surface area (Å²) in [7, 11) is 1.66. The van der Waals surface area contributed by atoms with Gasteiger partial charge in [-0.3, -0.25) is 9.59 Å². The zero-order chi connectivity index (χ0) is 18.6. The summed E-state index contributed by atoms with van der Waals surface area (Å²) in [5.41, 5.74) is 4.41. The molecule has 2 aliphatic rings. The molecule has 0 unspecified atom stereocenters. The summed E-state index contributed by atoms with van der Waals surface area (Å²) in [6.07, 6.45) is 5.77. The molecule has 2 aromatic carbocycles. The fourth-order valence-electron chi connectivity index (χ4n) is 4.08. The Labute approximate surface area is 153 Å². The molecule has 2 aliphatic carbocycles. The Morgan fingerprint density at radius 2 is 1.50 bits per heavy atom. The van der Waals surface area contributed by atoms with Crippen LogP contribution in [0.1, 0.15) is 59.0 Å². The number of hydrogen-bond donors (Lipinski definition) is 1. The van der Waals surface area contributed by atoms with Gasteiger partial charge in [0.1, 0.15) is 5.75 Å². The number of fused-ring (bicyclic) bond motifs is 4. The van der Waals surface area contributed by atoms with E-state index in [0.717, 1.165) is 41.5 Å². The summed E-state index contributed by atoms with van der Waals surface area (Å²) in [4.78, 5) is 24.6. The normalized spacial score (nSPS) is 16.0. The van der Waals surface area contributed by atoms with E-state index >= 15 is 0 Å². The summed E-state index contributed by atoms with van der Waals surface area (Å²) in [6, 6.07) is 3.72. The average Bonchev–Trinajstić information content (AvgIpc) is 3.06. The zero-order valence-corrected chi connectivity index (χ0v) is 15.7. The van der Waals surface area contributed by atoms with E-state index in [1.807, 2.05) is 12.1 Å². The van der Waals surface area contributed by atoms with Crippen LogP contribution in [0.2, 0.25) is 0 Å². The minimum absolute atomic E-state index is 0.107. The van der Waals surface area contributed by atoms with Crippen LogP contribution in [0.3, 0.4) is 0 Å². The highest BCUT2D eigenvalue weighted by atomic mass is 16.5. The van der Waals surface area contributed by atoms with E-state index in [0.29, 0.717) is 11.1 Å². The Kier molecular flexibility index (Phi) is 3.69. The van der Waals surface area contributed by atoms with Gasteiger partial charge in [-0.15, -0.1) is 0 Å². The number of benzene rings is 2. The summed E-state index contributed by atoms with van der Waals surface area (Å²) >= 11 is 0. The molecule has 134 valence electrons. The lowest BCUT2D eigenvalue weighted by Crippen LogP contribution is -2.27. The lowest BCUT2D eigenvalue weighted by atomic mass is 9.88. The van der Waals surface area contributed by atoms with E-state index in [1.165, 1.54) is 23.3 Å². The second-order valence-electron chi connectivity index (χ2n) is 8.10. The first kappa shape index (κ1) is 16.8.